The van der Waals surface area contributed by atoms with E-state index in [1.165, 1.54) is 66.2 Å². The normalized spacial score (nSPS) is 13.2. The molecule has 0 N–H and O–H groups in total. The average Bonchev–Trinajstić information content (AvgIpc) is 3.75. The van der Waals surface area contributed by atoms with Crippen LogP contribution in [-0.2, 0) is 5.41 Å². The Kier molecular flexibility index (Phi) is 6.26. The standard InChI is InChI=1S/C52H33N3/c1-4-15-34(16-5-1)35-27-29-38(30-28-35)54(36-17-6-2-7-18-36)39-31-45-50-47(32-39)55(37-19-8-3-9-20-37)48-33-53-46-26-14-25-44(49(46)51(48)50)52(45)42-23-12-10-21-40(42)41-22-11-13-24-43(41)52/h1-33H. The van der Waals surface area contributed by atoms with E-state index in [2.05, 4.69) is 210 Å². The molecule has 0 fully saturated rings. The van der Waals surface area contributed by atoms with Crippen molar-refractivity contribution in [2.75, 3.05) is 4.90 Å². The van der Waals surface area contributed by atoms with Gasteiger partial charge in [-0.1, -0.05) is 140 Å². The third-order valence-corrected chi connectivity index (χ3v) is 12.0. The lowest BCUT2D eigenvalue weighted by atomic mass is 9.63. The maximum atomic E-state index is 5.20. The lowest BCUT2D eigenvalue weighted by Crippen LogP contribution is -2.31. The van der Waals surface area contributed by atoms with Gasteiger partial charge in [0.1, 0.15) is 0 Å². The quantitative estimate of drug-likeness (QED) is 0.178. The van der Waals surface area contributed by atoms with E-state index in [4.69, 9.17) is 4.98 Å². The zero-order valence-corrected chi connectivity index (χ0v) is 29.9. The van der Waals surface area contributed by atoms with Gasteiger partial charge in [0.05, 0.1) is 28.2 Å². The first-order chi connectivity index (χ1) is 27.3. The minimum absolute atomic E-state index is 0.563. The summed E-state index contributed by atoms with van der Waals surface area (Å²) < 4.78 is 2.44. The molecule has 0 saturated heterocycles. The summed E-state index contributed by atoms with van der Waals surface area (Å²) in [6, 6.07) is 70.9. The first kappa shape index (κ1) is 30.3. The molecule has 2 aromatic heterocycles. The molecular formula is C52H33N3. The molecule has 2 aliphatic carbocycles. The molecule has 2 aliphatic rings. The summed E-state index contributed by atoms with van der Waals surface area (Å²) in [7, 11) is 0. The molecule has 55 heavy (non-hydrogen) atoms. The number of fused-ring (bicyclic) bond motifs is 7. The number of rotatable bonds is 5. The predicted octanol–water partition coefficient (Wildman–Crippen LogP) is 13.1. The van der Waals surface area contributed by atoms with Crippen molar-refractivity contribution in [3.05, 3.63) is 223 Å². The molecule has 0 bridgehead atoms. The van der Waals surface area contributed by atoms with Crippen molar-refractivity contribution in [2.45, 2.75) is 5.41 Å². The van der Waals surface area contributed by atoms with Crippen LogP contribution >= 0.6 is 0 Å². The van der Waals surface area contributed by atoms with Crippen LogP contribution in [0.25, 0.3) is 60.6 Å². The van der Waals surface area contributed by atoms with Gasteiger partial charge in [-0.15, -0.1) is 0 Å². The van der Waals surface area contributed by atoms with Crippen LogP contribution in [0.3, 0.4) is 0 Å². The third-order valence-electron chi connectivity index (χ3n) is 12.0. The fourth-order valence-electron chi connectivity index (χ4n) is 9.85. The molecule has 0 radical (unpaired) electrons. The minimum Gasteiger partial charge on any atom is -0.310 e. The van der Waals surface area contributed by atoms with Gasteiger partial charge in [-0.3, -0.25) is 4.98 Å². The topological polar surface area (TPSA) is 21.1 Å². The van der Waals surface area contributed by atoms with Crippen LogP contribution in [0.1, 0.15) is 22.3 Å². The highest BCUT2D eigenvalue weighted by atomic mass is 15.1. The molecule has 10 aromatic rings. The Hall–Kier alpha value is -7.23. The van der Waals surface area contributed by atoms with Gasteiger partial charge >= 0.3 is 0 Å². The first-order valence-corrected chi connectivity index (χ1v) is 19.0. The van der Waals surface area contributed by atoms with Gasteiger partial charge < -0.3 is 9.47 Å². The Morgan fingerprint density at radius 3 is 1.69 bits per heavy atom. The molecule has 0 saturated carbocycles. The van der Waals surface area contributed by atoms with E-state index in [1.54, 1.807) is 0 Å². The SMILES string of the molecule is c1ccc(-c2ccc(N(c3ccccc3)c3cc4c5c6c7c(cccc7ncc6n(-c6ccccc6)c5c3)C43c4ccccc4-c4ccccc43)cc2)cc1. The second kappa shape index (κ2) is 11.4. The monoisotopic (exact) mass is 699 g/mol. The van der Waals surface area contributed by atoms with Crippen LogP contribution in [-0.4, -0.2) is 9.55 Å². The first-order valence-electron chi connectivity index (χ1n) is 19.0. The van der Waals surface area contributed by atoms with Crippen LogP contribution < -0.4 is 4.90 Å². The highest BCUT2D eigenvalue weighted by molar-refractivity contribution is 6.26. The van der Waals surface area contributed by atoms with Crippen molar-refractivity contribution in [2.24, 2.45) is 0 Å². The number of aromatic nitrogens is 2. The predicted molar refractivity (Wildman–Crippen MR) is 227 cm³/mol. The van der Waals surface area contributed by atoms with Gasteiger partial charge in [-0.25, -0.2) is 0 Å². The number of para-hydroxylation sites is 2. The Morgan fingerprint density at radius 1 is 0.400 bits per heavy atom. The molecule has 3 nitrogen and oxygen atoms in total. The van der Waals surface area contributed by atoms with Crippen molar-refractivity contribution < 1.29 is 0 Å². The van der Waals surface area contributed by atoms with Gasteiger partial charge in [0, 0.05) is 38.9 Å². The highest BCUT2D eigenvalue weighted by Gasteiger charge is 2.50. The molecule has 12 rings (SSSR count). The molecule has 3 heteroatoms. The van der Waals surface area contributed by atoms with E-state index in [-0.39, 0.29) is 0 Å². The second-order valence-corrected chi connectivity index (χ2v) is 14.7. The van der Waals surface area contributed by atoms with Gasteiger partial charge in [-0.05, 0) is 99.1 Å². The number of nitrogens with zero attached hydrogens (tertiary/aromatic N) is 3. The zero-order valence-electron chi connectivity index (χ0n) is 29.9. The Balaban J connectivity index is 1.25. The molecule has 2 heterocycles. The Labute approximate surface area is 319 Å². The zero-order chi connectivity index (χ0) is 36.1. The van der Waals surface area contributed by atoms with E-state index in [0.717, 1.165) is 33.8 Å². The van der Waals surface area contributed by atoms with Crippen LogP contribution in [0, 0.1) is 0 Å². The maximum absolute atomic E-state index is 5.20. The maximum Gasteiger partial charge on any atom is 0.0731 e. The third kappa shape index (κ3) is 4.07. The fraction of sp³-hybridized carbons (Fsp3) is 0.0192. The van der Waals surface area contributed by atoms with Crippen molar-refractivity contribution >= 4 is 49.8 Å². The number of benzene rings is 8. The van der Waals surface area contributed by atoms with Gasteiger partial charge in [0.2, 0.25) is 0 Å². The van der Waals surface area contributed by atoms with Crippen LogP contribution in [0.5, 0.6) is 0 Å². The largest absolute Gasteiger partial charge is 0.310 e. The smallest absolute Gasteiger partial charge is 0.0731 e. The number of pyridine rings is 1. The molecule has 8 aromatic carbocycles. The van der Waals surface area contributed by atoms with E-state index >= 15 is 0 Å². The molecule has 1 spiro atoms. The van der Waals surface area contributed by atoms with Gasteiger partial charge in [0.25, 0.3) is 0 Å². The fourth-order valence-corrected chi connectivity index (χ4v) is 9.85. The lowest BCUT2D eigenvalue weighted by molar-refractivity contribution is 0.782. The molecule has 0 aliphatic heterocycles. The summed E-state index contributed by atoms with van der Waals surface area (Å²) in [5.74, 6) is 0. The number of anilines is 3. The Morgan fingerprint density at radius 2 is 0.982 bits per heavy atom. The summed E-state index contributed by atoms with van der Waals surface area (Å²) in [6.45, 7) is 0. The van der Waals surface area contributed by atoms with Crippen LogP contribution in [0.15, 0.2) is 200 Å². The molecule has 0 amide bonds. The van der Waals surface area contributed by atoms with Crippen molar-refractivity contribution in [3.8, 4) is 27.9 Å². The van der Waals surface area contributed by atoms with E-state index in [1.807, 2.05) is 0 Å². The summed E-state index contributed by atoms with van der Waals surface area (Å²) in [5, 5.41) is 3.79. The molecule has 0 atom stereocenters. The van der Waals surface area contributed by atoms with Gasteiger partial charge in [-0.2, -0.15) is 0 Å². The lowest BCUT2D eigenvalue weighted by Gasteiger charge is -2.38. The summed E-state index contributed by atoms with van der Waals surface area (Å²) in [6.07, 6.45) is 2.09. The summed E-state index contributed by atoms with van der Waals surface area (Å²) in [5.41, 5.74) is 17.4. The molecule has 0 unspecified atom stereocenters. The van der Waals surface area contributed by atoms with Crippen molar-refractivity contribution in [3.63, 3.8) is 0 Å². The molecular weight excluding hydrogens is 667 g/mol. The van der Waals surface area contributed by atoms with Gasteiger partial charge in [0.15, 0.2) is 0 Å². The summed E-state index contributed by atoms with van der Waals surface area (Å²) in [4.78, 5) is 7.63. The minimum atomic E-state index is -0.563. The van der Waals surface area contributed by atoms with E-state index in [9.17, 15) is 0 Å². The number of hydrogen-bond acceptors (Lipinski definition) is 2. The second-order valence-electron chi connectivity index (χ2n) is 14.7. The Bertz CT molecular complexity index is 3080. The van der Waals surface area contributed by atoms with Crippen LogP contribution in [0.2, 0.25) is 0 Å². The highest BCUT2D eigenvalue weighted by Crippen LogP contribution is 2.62. The summed E-state index contributed by atoms with van der Waals surface area (Å²) >= 11 is 0. The van der Waals surface area contributed by atoms with E-state index in [0.29, 0.717) is 0 Å². The van der Waals surface area contributed by atoms with Crippen LogP contribution in [0.4, 0.5) is 17.1 Å². The van der Waals surface area contributed by atoms with Crippen molar-refractivity contribution in [1.82, 2.24) is 9.55 Å². The number of hydrogen-bond donors (Lipinski definition) is 0. The average molecular weight is 700 g/mol. The van der Waals surface area contributed by atoms with E-state index < -0.39 is 5.41 Å². The molecule has 256 valence electrons. The van der Waals surface area contributed by atoms with Crippen molar-refractivity contribution in [1.29, 1.82) is 0 Å².